The lowest BCUT2D eigenvalue weighted by atomic mass is 9.68. The molecule has 1 spiro atoms. The lowest BCUT2D eigenvalue weighted by Gasteiger charge is -2.44. The van der Waals surface area contributed by atoms with E-state index in [1.807, 2.05) is 11.8 Å². The molecule has 0 N–H and O–H groups in total. The molecule has 1 aromatic carbocycles. The Morgan fingerprint density at radius 3 is 2.30 bits per heavy atom. The van der Waals surface area contributed by atoms with Crippen LogP contribution in [0, 0.1) is 5.41 Å². The predicted octanol–water partition coefficient (Wildman–Crippen LogP) is 4.83. The third-order valence-corrected chi connectivity index (χ3v) is 6.24. The van der Waals surface area contributed by atoms with E-state index in [-0.39, 0.29) is 0 Å². The lowest BCUT2D eigenvalue weighted by Crippen LogP contribution is -2.41. The fourth-order valence-electron chi connectivity index (χ4n) is 3.86. The smallest absolute Gasteiger partial charge is 0.0108 e. The number of thioether (sulfide) groups is 1. The topological polar surface area (TPSA) is 3.24 Å². The molecule has 0 atom stereocenters. The Morgan fingerprint density at radius 2 is 1.60 bits per heavy atom. The maximum Gasteiger partial charge on any atom is 0.0108 e. The second-order valence-electron chi connectivity index (χ2n) is 6.56. The van der Waals surface area contributed by atoms with Crippen LogP contribution in [0.25, 0.3) is 0 Å². The van der Waals surface area contributed by atoms with Crippen molar-refractivity contribution in [3.05, 3.63) is 30.3 Å². The van der Waals surface area contributed by atoms with Gasteiger partial charge in [-0.15, -0.1) is 11.8 Å². The number of hydrogen-bond acceptors (Lipinski definition) is 2. The number of nitrogens with zero attached hydrogens (tertiary/aromatic N) is 1. The van der Waals surface area contributed by atoms with Gasteiger partial charge in [-0.2, -0.15) is 0 Å². The molecule has 0 aromatic heterocycles. The van der Waals surface area contributed by atoms with Gasteiger partial charge in [0.25, 0.3) is 0 Å². The predicted molar refractivity (Wildman–Crippen MR) is 88.4 cm³/mol. The Bertz CT molecular complexity index is 387. The molecule has 0 unspecified atom stereocenters. The van der Waals surface area contributed by atoms with E-state index in [4.69, 9.17) is 0 Å². The van der Waals surface area contributed by atoms with Crippen LogP contribution in [0.4, 0.5) is 0 Å². The molecule has 1 saturated heterocycles. The molecule has 1 saturated carbocycles. The van der Waals surface area contributed by atoms with Crippen molar-refractivity contribution in [3.63, 3.8) is 0 Å². The van der Waals surface area contributed by atoms with Gasteiger partial charge in [-0.05, 0) is 56.3 Å². The summed E-state index contributed by atoms with van der Waals surface area (Å²) >= 11 is 2.00. The largest absolute Gasteiger partial charge is 0.302 e. The minimum atomic E-state index is 0.751. The van der Waals surface area contributed by atoms with E-state index < -0.39 is 0 Å². The van der Waals surface area contributed by atoms with Crippen LogP contribution in [0.2, 0.25) is 0 Å². The minimum absolute atomic E-state index is 0.751. The Labute approximate surface area is 128 Å². The third-order valence-electron chi connectivity index (χ3n) is 5.25. The van der Waals surface area contributed by atoms with Gasteiger partial charge in [0.1, 0.15) is 0 Å². The molecule has 1 aliphatic carbocycles. The highest BCUT2D eigenvalue weighted by atomic mass is 32.2. The molecule has 20 heavy (non-hydrogen) atoms. The van der Waals surface area contributed by atoms with Gasteiger partial charge in [-0.25, -0.2) is 0 Å². The van der Waals surface area contributed by atoms with Gasteiger partial charge in [-0.1, -0.05) is 37.5 Å². The second kappa shape index (κ2) is 7.00. The van der Waals surface area contributed by atoms with E-state index >= 15 is 0 Å². The molecule has 2 heteroatoms. The van der Waals surface area contributed by atoms with Gasteiger partial charge in [0, 0.05) is 17.2 Å². The lowest BCUT2D eigenvalue weighted by molar-refractivity contribution is 0.0712. The molecule has 2 fully saturated rings. The molecule has 0 radical (unpaired) electrons. The zero-order valence-electron chi connectivity index (χ0n) is 12.5. The Balaban J connectivity index is 1.38. The summed E-state index contributed by atoms with van der Waals surface area (Å²) in [6.07, 6.45) is 10.4. The number of rotatable bonds is 4. The van der Waals surface area contributed by atoms with Crippen LogP contribution < -0.4 is 0 Å². The number of piperidine rings is 1. The van der Waals surface area contributed by atoms with Gasteiger partial charge in [0.15, 0.2) is 0 Å². The third kappa shape index (κ3) is 3.79. The van der Waals surface area contributed by atoms with Crippen LogP contribution in [-0.4, -0.2) is 30.3 Å². The molecule has 1 nitrogen and oxygen atoms in total. The number of benzene rings is 1. The molecule has 1 heterocycles. The average molecular weight is 289 g/mol. The van der Waals surface area contributed by atoms with Crippen LogP contribution in [-0.2, 0) is 0 Å². The molecular formula is C18H27NS. The van der Waals surface area contributed by atoms with Crippen LogP contribution in [0.5, 0.6) is 0 Å². The number of hydrogen-bond donors (Lipinski definition) is 0. The first-order valence-electron chi connectivity index (χ1n) is 8.27. The molecular weight excluding hydrogens is 262 g/mol. The van der Waals surface area contributed by atoms with Crippen molar-refractivity contribution < 1.29 is 0 Å². The molecule has 0 amide bonds. The van der Waals surface area contributed by atoms with Gasteiger partial charge < -0.3 is 4.90 Å². The zero-order valence-corrected chi connectivity index (χ0v) is 13.3. The summed E-state index contributed by atoms with van der Waals surface area (Å²) in [5.74, 6) is 1.23. The van der Waals surface area contributed by atoms with Crippen molar-refractivity contribution in [1.82, 2.24) is 4.90 Å². The average Bonchev–Trinajstić information content (AvgIpc) is 2.52. The summed E-state index contributed by atoms with van der Waals surface area (Å²) in [5.41, 5.74) is 0.751. The zero-order chi connectivity index (χ0) is 13.7. The first kappa shape index (κ1) is 14.5. The van der Waals surface area contributed by atoms with Crippen molar-refractivity contribution in [2.24, 2.45) is 5.41 Å². The summed E-state index contributed by atoms with van der Waals surface area (Å²) in [7, 11) is 0. The van der Waals surface area contributed by atoms with Gasteiger partial charge in [-0.3, -0.25) is 0 Å². The molecule has 0 bridgehead atoms. The van der Waals surface area contributed by atoms with E-state index in [2.05, 4.69) is 35.2 Å². The Kier molecular flexibility index (Phi) is 5.06. The summed E-state index contributed by atoms with van der Waals surface area (Å²) in [6, 6.07) is 10.8. The molecule has 2 aliphatic rings. The maximum atomic E-state index is 2.69. The van der Waals surface area contributed by atoms with Crippen LogP contribution >= 0.6 is 11.8 Å². The fraction of sp³-hybridized carbons (Fsp3) is 0.667. The van der Waals surface area contributed by atoms with E-state index in [1.165, 1.54) is 75.2 Å². The summed E-state index contributed by atoms with van der Waals surface area (Å²) in [4.78, 5) is 4.10. The van der Waals surface area contributed by atoms with Gasteiger partial charge in [0.2, 0.25) is 0 Å². The van der Waals surface area contributed by atoms with Crippen molar-refractivity contribution in [1.29, 1.82) is 0 Å². The number of likely N-dealkylation sites (tertiary alicyclic amines) is 1. The van der Waals surface area contributed by atoms with Crippen LogP contribution in [0.15, 0.2) is 35.2 Å². The molecule has 110 valence electrons. The van der Waals surface area contributed by atoms with E-state index in [0.29, 0.717) is 0 Å². The van der Waals surface area contributed by atoms with Crippen LogP contribution in [0.3, 0.4) is 0 Å². The molecule has 3 rings (SSSR count). The fourth-order valence-corrected chi connectivity index (χ4v) is 4.80. The summed E-state index contributed by atoms with van der Waals surface area (Å²) in [5, 5.41) is 0. The Hall–Kier alpha value is -0.470. The van der Waals surface area contributed by atoms with Crippen molar-refractivity contribution >= 4 is 11.8 Å². The highest BCUT2D eigenvalue weighted by molar-refractivity contribution is 7.99. The van der Waals surface area contributed by atoms with Gasteiger partial charge >= 0.3 is 0 Å². The normalized spacial score (nSPS) is 23.0. The highest BCUT2D eigenvalue weighted by Gasteiger charge is 2.35. The molecule has 1 aromatic rings. The molecule has 1 aliphatic heterocycles. The quantitative estimate of drug-likeness (QED) is 0.731. The monoisotopic (exact) mass is 289 g/mol. The van der Waals surface area contributed by atoms with Gasteiger partial charge in [0.05, 0.1) is 0 Å². The highest BCUT2D eigenvalue weighted by Crippen LogP contribution is 2.44. The van der Waals surface area contributed by atoms with E-state index in [9.17, 15) is 0 Å². The second-order valence-corrected chi connectivity index (χ2v) is 7.73. The standard InChI is InChI=1S/C18H27NS/c1-3-7-17(8-4-1)20-16-15-19-13-11-18(12-14-19)9-5-2-6-10-18/h1,3-4,7-8H,2,5-6,9-16H2. The first-order valence-corrected chi connectivity index (χ1v) is 9.25. The van der Waals surface area contributed by atoms with Crippen molar-refractivity contribution in [2.45, 2.75) is 49.8 Å². The summed E-state index contributed by atoms with van der Waals surface area (Å²) < 4.78 is 0. The Morgan fingerprint density at radius 1 is 0.900 bits per heavy atom. The first-order chi connectivity index (χ1) is 9.86. The SMILES string of the molecule is c1ccc(SCCN2CCC3(CCCCC3)CC2)cc1. The summed E-state index contributed by atoms with van der Waals surface area (Å²) in [6.45, 7) is 3.94. The van der Waals surface area contributed by atoms with Crippen molar-refractivity contribution in [2.75, 3.05) is 25.4 Å². The van der Waals surface area contributed by atoms with Crippen LogP contribution in [0.1, 0.15) is 44.9 Å². The minimum Gasteiger partial charge on any atom is -0.302 e. The van der Waals surface area contributed by atoms with Crippen molar-refractivity contribution in [3.8, 4) is 0 Å². The van der Waals surface area contributed by atoms with E-state index in [0.717, 1.165) is 5.41 Å². The maximum absolute atomic E-state index is 2.69. The van der Waals surface area contributed by atoms with E-state index in [1.54, 1.807) is 0 Å².